The first-order valence-electron chi connectivity index (χ1n) is 6.91. The topological polar surface area (TPSA) is 125 Å². The number of hydrogen-bond acceptors (Lipinski definition) is 8. The van der Waals surface area contributed by atoms with E-state index in [-0.39, 0.29) is 28.9 Å². The Morgan fingerprint density at radius 1 is 1.48 bits per heavy atom. The third-order valence-electron chi connectivity index (χ3n) is 3.39. The standard InChI is InChI=1S/C13H15N3O6S/c1-7-10(5-9(21-7)13(17)20-2)23(18,19)14-6-11-15-12(16-22-11)8-3-4-8/h5,8,14H,3-4,6H2,1-2H3. The van der Waals surface area contributed by atoms with E-state index in [4.69, 9.17) is 8.94 Å². The van der Waals surface area contributed by atoms with Crippen molar-refractivity contribution in [2.24, 2.45) is 0 Å². The van der Waals surface area contributed by atoms with Gasteiger partial charge in [-0.3, -0.25) is 0 Å². The Balaban J connectivity index is 1.73. The third-order valence-corrected chi connectivity index (χ3v) is 4.90. The number of furan rings is 1. The fourth-order valence-electron chi connectivity index (χ4n) is 2.02. The zero-order chi connectivity index (χ0) is 16.6. The monoisotopic (exact) mass is 341 g/mol. The smallest absolute Gasteiger partial charge is 0.373 e. The lowest BCUT2D eigenvalue weighted by Crippen LogP contribution is -2.23. The molecule has 2 heterocycles. The summed E-state index contributed by atoms with van der Waals surface area (Å²) in [4.78, 5) is 15.4. The summed E-state index contributed by atoms with van der Waals surface area (Å²) in [5, 5.41) is 3.81. The molecule has 0 amide bonds. The van der Waals surface area contributed by atoms with Gasteiger partial charge in [-0.2, -0.15) is 4.98 Å². The van der Waals surface area contributed by atoms with E-state index in [1.54, 1.807) is 0 Å². The highest BCUT2D eigenvalue weighted by atomic mass is 32.2. The Morgan fingerprint density at radius 2 is 2.22 bits per heavy atom. The van der Waals surface area contributed by atoms with Crippen molar-refractivity contribution < 1.29 is 26.9 Å². The molecule has 0 bridgehead atoms. The third kappa shape index (κ3) is 3.27. The molecule has 0 radical (unpaired) electrons. The summed E-state index contributed by atoms with van der Waals surface area (Å²) in [6, 6.07) is 1.12. The van der Waals surface area contributed by atoms with E-state index in [1.165, 1.54) is 14.0 Å². The number of methoxy groups -OCH3 is 1. The summed E-state index contributed by atoms with van der Waals surface area (Å²) in [6.07, 6.45) is 2.05. The lowest BCUT2D eigenvalue weighted by Gasteiger charge is -2.02. The Bertz CT molecular complexity index is 834. The summed E-state index contributed by atoms with van der Waals surface area (Å²) in [5.41, 5.74) is 0. The van der Waals surface area contributed by atoms with E-state index in [0.717, 1.165) is 18.9 Å². The second-order valence-corrected chi connectivity index (χ2v) is 6.90. The maximum atomic E-state index is 12.3. The molecule has 23 heavy (non-hydrogen) atoms. The van der Waals surface area contributed by atoms with Crippen LogP contribution < -0.4 is 4.72 Å². The van der Waals surface area contributed by atoms with Crippen molar-refractivity contribution in [3.63, 3.8) is 0 Å². The average Bonchev–Trinajstić information content (AvgIpc) is 3.12. The van der Waals surface area contributed by atoms with Gasteiger partial charge in [-0.15, -0.1) is 0 Å². The molecule has 1 aliphatic rings. The van der Waals surface area contributed by atoms with Crippen LogP contribution in [0.15, 0.2) is 19.9 Å². The minimum atomic E-state index is -3.88. The highest BCUT2D eigenvalue weighted by Gasteiger charge is 2.29. The molecule has 9 nitrogen and oxygen atoms in total. The molecule has 10 heteroatoms. The molecule has 1 fully saturated rings. The zero-order valence-corrected chi connectivity index (χ0v) is 13.3. The van der Waals surface area contributed by atoms with Gasteiger partial charge in [-0.1, -0.05) is 5.16 Å². The maximum Gasteiger partial charge on any atom is 0.373 e. The first-order chi connectivity index (χ1) is 10.9. The Labute approximate surface area is 132 Å². The molecule has 3 rings (SSSR count). The van der Waals surface area contributed by atoms with Gasteiger partial charge >= 0.3 is 5.97 Å². The zero-order valence-electron chi connectivity index (χ0n) is 12.5. The van der Waals surface area contributed by atoms with E-state index in [1.807, 2.05) is 0 Å². The molecular formula is C13H15N3O6S. The van der Waals surface area contributed by atoms with E-state index in [2.05, 4.69) is 19.6 Å². The van der Waals surface area contributed by atoms with Gasteiger partial charge in [0.1, 0.15) is 10.7 Å². The number of ether oxygens (including phenoxy) is 1. The first kappa shape index (κ1) is 15.7. The molecule has 0 saturated heterocycles. The number of nitrogens with zero attached hydrogens (tertiary/aromatic N) is 2. The summed E-state index contributed by atoms with van der Waals surface area (Å²) in [5.74, 6) is 0.265. The molecule has 0 aromatic carbocycles. The SMILES string of the molecule is COC(=O)c1cc(S(=O)(=O)NCc2nc(C3CC3)no2)c(C)o1. The van der Waals surface area contributed by atoms with Gasteiger partial charge < -0.3 is 13.7 Å². The lowest BCUT2D eigenvalue weighted by molar-refractivity contribution is 0.0563. The summed E-state index contributed by atoms with van der Waals surface area (Å²) in [6.45, 7) is 1.30. The number of carbonyl (C=O) groups excluding carboxylic acids is 1. The number of nitrogens with one attached hydrogen (secondary N) is 1. The van der Waals surface area contributed by atoms with Crippen LogP contribution in [0.25, 0.3) is 0 Å². The molecule has 0 atom stereocenters. The van der Waals surface area contributed by atoms with Crippen LogP contribution in [0.5, 0.6) is 0 Å². The molecule has 1 aliphatic carbocycles. The van der Waals surface area contributed by atoms with Crippen LogP contribution in [0.4, 0.5) is 0 Å². The van der Waals surface area contributed by atoms with Crippen LogP contribution in [0.1, 0.15) is 46.8 Å². The maximum absolute atomic E-state index is 12.3. The van der Waals surface area contributed by atoms with Crippen molar-refractivity contribution in [2.45, 2.75) is 37.1 Å². The highest BCUT2D eigenvalue weighted by Crippen LogP contribution is 2.38. The Kier molecular flexibility index (Phi) is 3.94. The van der Waals surface area contributed by atoms with E-state index >= 15 is 0 Å². The quantitative estimate of drug-likeness (QED) is 0.775. The van der Waals surface area contributed by atoms with Crippen molar-refractivity contribution in [1.29, 1.82) is 0 Å². The van der Waals surface area contributed by atoms with Gasteiger partial charge in [0, 0.05) is 12.0 Å². The lowest BCUT2D eigenvalue weighted by atomic mass is 10.4. The van der Waals surface area contributed by atoms with Crippen LogP contribution in [0.2, 0.25) is 0 Å². The number of hydrogen-bond donors (Lipinski definition) is 1. The molecule has 1 saturated carbocycles. The Morgan fingerprint density at radius 3 is 2.87 bits per heavy atom. The molecular weight excluding hydrogens is 326 g/mol. The Hall–Kier alpha value is -2.20. The van der Waals surface area contributed by atoms with Gasteiger partial charge in [0.2, 0.25) is 21.7 Å². The number of aryl methyl sites for hydroxylation is 1. The molecule has 2 aromatic rings. The second kappa shape index (κ2) is 5.78. The number of esters is 1. The molecule has 0 spiro atoms. The van der Waals surface area contributed by atoms with Gasteiger partial charge in [-0.05, 0) is 19.8 Å². The number of carbonyl (C=O) groups is 1. The van der Waals surface area contributed by atoms with Crippen molar-refractivity contribution in [3.8, 4) is 0 Å². The summed E-state index contributed by atoms with van der Waals surface area (Å²) < 4.78 is 41.5. The molecule has 2 aromatic heterocycles. The van der Waals surface area contributed by atoms with Crippen molar-refractivity contribution >= 4 is 16.0 Å². The highest BCUT2D eigenvalue weighted by molar-refractivity contribution is 7.89. The summed E-state index contributed by atoms with van der Waals surface area (Å²) in [7, 11) is -2.70. The van der Waals surface area contributed by atoms with Crippen molar-refractivity contribution in [1.82, 2.24) is 14.9 Å². The average molecular weight is 341 g/mol. The van der Waals surface area contributed by atoms with Crippen LogP contribution in [0, 0.1) is 6.92 Å². The normalized spacial score (nSPS) is 14.9. The van der Waals surface area contributed by atoms with E-state index < -0.39 is 16.0 Å². The van der Waals surface area contributed by atoms with Gasteiger partial charge in [0.05, 0.1) is 13.7 Å². The number of sulfonamides is 1. The molecule has 0 aliphatic heterocycles. The van der Waals surface area contributed by atoms with Crippen molar-refractivity contribution in [2.75, 3.05) is 7.11 Å². The first-order valence-corrected chi connectivity index (χ1v) is 8.40. The fourth-order valence-corrected chi connectivity index (χ4v) is 3.17. The van der Waals surface area contributed by atoms with Gasteiger partial charge in [0.15, 0.2) is 5.82 Å². The van der Waals surface area contributed by atoms with Crippen LogP contribution >= 0.6 is 0 Å². The van der Waals surface area contributed by atoms with Gasteiger partial charge in [-0.25, -0.2) is 17.9 Å². The largest absolute Gasteiger partial charge is 0.463 e. The fraction of sp³-hybridized carbons (Fsp3) is 0.462. The van der Waals surface area contributed by atoms with Gasteiger partial charge in [0.25, 0.3) is 0 Å². The van der Waals surface area contributed by atoms with Crippen LogP contribution in [-0.2, 0) is 21.3 Å². The van der Waals surface area contributed by atoms with Crippen LogP contribution in [-0.4, -0.2) is 31.6 Å². The molecule has 0 unspecified atom stereocenters. The minimum absolute atomic E-state index is 0.0853. The van der Waals surface area contributed by atoms with E-state index in [0.29, 0.717) is 11.7 Å². The minimum Gasteiger partial charge on any atom is -0.463 e. The second-order valence-electron chi connectivity index (χ2n) is 5.17. The number of rotatable bonds is 6. The van der Waals surface area contributed by atoms with Crippen LogP contribution in [0.3, 0.4) is 0 Å². The van der Waals surface area contributed by atoms with E-state index in [9.17, 15) is 13.2 Å². The molecule has 1 N–H and O–H groups in total. The van der Waals surface area contributed by atoms with Crippen molar-refractivity contribution in [3.05, 3.63) is 29.3 Å². The summed E-state index contributed by atoms with van der Waals surface area (Å²) >= 11 is 0. The number of aromatic nitrogens is 2. The predicted molar refractivity (Wildman–Crippen MR) is 75.1 cm³/mol. The predicted octanol–water partition coefficient (Wildman–Crippen LogP) is 1.11. The molecule has 124 valence electrons.